The van der Waals surface area contributed by atoms with E-state index in [1.165, 1.54) is 37.7 Å². The molecule has 1 aliphatic rings. The monoisotopic (exact) mass is 262 g/mol. The predicted octanol–water partition coefficient (Wildman–Crippen LogP) is 4.74. The lowest BCUT2D eigenvalue weighted by Gasteiger charge is -2.29. The zero-order valence-electron chi connectivity index (χ0n) is 12.2. The molecule has 0 aliphatic carbocycles. The van der Waals surface area contributed by atoms with Gasteiger partial charge in [-0.05, 0) is 42.9 Å². The summed E-state index contributed by atoms with van der Waals surface area (Å²) >= 11 is 0. The second-order valence-corrected chi connectivity index (χ2v) is 5.53. The van der Waals surface area contributed by atoms with Gasteiger partial charge in [-0.15, -0.1) is 0 Å². The summed E-state index contributed by atoms with van der Waals surface area (Å²) in [6.45, 7) is 3.19. The Bertz CT molecular complexity index is 350. The zero-order valence-corrected chi connectivity index (χ0v) is 12.2. The lowest BCUT2D eigenvalue weighted by atomic mass is 9.91. The number of hydrogen-bond donors (Lipinski definition) is 0. The van der Waals surface area contributed by atoms with E-state index < -0.39 is 0 Å². The SMILES string of the molecule is CCCCC[C@@H]1CC[C@@H](c2ccc(OC)cc2)OC1. The van der Waals surface area contributed by atoms with E-state index in [4.69, 9.17) is 9.47 Å². The lowest BCUT2D eigenvalue weighted by Crippen LogP contribution is -2.20. The Kier molecular flexibility index (Phi) is 5.71. The van der Waals surface area contributed by atoms with Gasteiger partial charge in [0.15, 0.2) is 0 Å². The Hall–Kier alpha value is -1.02. The minimum absolute atomic E-state index is 0.285. The molecule has 19 heavy (non-hydrogen) atoms. The van der Waals surface area contributed by atoms with Gasteiger partial charge in [0, 0.05) is 0 Å². The highest BCUT2D eigenvalue weighted by molar-refractivity contribution is 5.28. The molecule has 2 nitrogen and oxygen atoms in total. The highest BCUT2D eigenvalue weighted by atomic mass is 16.5. The number of benzene rings is 1. The Morgan fingerprint density at radius 1 is 1.16 bits per heavy atom. The van der Waals surface area contributed by atoms with Crippen molar-refractivity contribution in [2.45, 2.75) is 51.6 Å². The second kappa shape index (κ2) is 7.54. The van der Waals surface area contributed by atoms with E-state index in [9.17, 15) is 0 Å². The van der Waals surface area contributed by atoms with Gasteiger partial charge in [0.25, 0.3) is 0 Å². The van der Waals surface area contributed by atoms with Crippen molar-refractivity contribution in [1.82, 2.24) is 0 Å². The number of methoxy groups -OCH3 is 1. The van der Waals surface area contributed by atoms with Crippen LogP contribution < -0.4 is 4.74 Å². The van der Waals surface area contributed by atoms with Crippen molar-refractivity contribution >= 4 is 0 Å². The molecule has 1 heterocycles. The highest BCUT2D eigenvalue weighted by Gasteiger charge is 2.22. The molecule has 2 atom stereocenters. The zero-order chi connectivity index (χ0) is 13.5. The third-order valence-corrected chi connectivity index (χ3v) is 4.07. The maximum absolute atomic E-state index is 6.04. The molecule has 0 bridgehead atoms. The first-order valence-corrected chi connectivity index (χ1v) is 7.59. The molecule has 1 saturated heterocycles. The van der Waals surface area contributed by atoms with Crippen LogP contribution in [0.15, 0.2) is 24.3 Å². The standard InChI is InChI=1S/C17H26O2/c1-3-4-5-6-14-7-12-17(19-13-14)15-8-10-16(18-2)11-9-15/h8-11,14,17H,3-7,12-13H2,1-2H3/t14-,17+/m1/s1. The van der Waals surface area contributed by atoms with Crippen molar-refractivity contribution in [3.8, 4) is 5.75 Å². The fraction of sp³-hybridized carbons (Fsp3) is 0.647. The van der Waals surface area contributed by atoms with Crippen LogP contribution in [0.3, 0.4) is 0 Å². The molecule has 0 spiro atoms. The van der Waals surface area contributed by atoms with Gasteiger partial charge in [-0.1, -0.05) is 38.3 Å². The average Bonchev–Trinajstić information content (AvgIpc) is 2.48. The molecule has 0 aromatic heterocycles. The van der Waals surface area contributed by atoms with Gasteiger partial charge in [0.05, 0.1) is 19.8 Å². The Morgan fingerprint density at radius 3 is 2.53 bits per heavy atom. The van der Waals surface area contributed by atoms with Crippen LogP contribution in [0.25, 0.3) is 0 Å². The van der Waals surface area contributed by atoms with Gasteiger partial charge in [0.2, 0.25) is 0 Å². The van der Waals surface area contributed by atoms with Gasteiger partial charge in [-0.3, -0.25) is 0 Å². The number of ether oxygens (including phenoxy) is 2. The molecule has 2 heteroatoms. The largest absolute Gasteiger partial charge is 0.497 e. The number of unbranched alkanes of at least 4 members (excludes halogenated alkanes) is 2. The van der Waals surface area contributed by atoms with Crippen molar-refractivity contribution < 1.29 is 9.47 Å². The van der Waals surface area contributed by atoms with Crippen LogP contribution in [0.1, 0.15) is 57.1 Å². The van der Waals surface area contributed by atoms with E-state index in [0.717, 1.165) is 24.7 Å². The van der Waals surface area contributed by atoms with Crippen molar-refractivity contribution in [1.29, 1.82) is 0 Å². The van der Waals surface area contributed by atoms with Crippen molar-refractivity contribution in [2.24, 2.45) is 5.92 Å². The Morgan fingerprint density at radius 2 is 1.95 bits per heavy atom. The van der Waals surface area contributed by atoms with Crippen LogP contribution in [0, 0.1) is 5.92 Å². The van der Waals surface area contributed by atoms with Crippen molar-refractivity contribution in [3.05, 3.63) is 29.8 Å². The molecule has 1 aromatic rings. The maximum atomic E-state index is 6.04. The second-order valence-electron chi connectivity index (χ2n) is 5.53. The molecular formula is C17H26O2. The summed E-state index contributed by atoms with van der Waals surface area (Å²) in [5.74, 6) is 1.69. The third kappa shape index (κ3) is 4.24. The first-order valence-electron chi connectivity index (χ1n) is 7.59. The minimum Gasteiger partial charge on any atom is -0.497 e. The minimum atomic E-state index is 0.285. The van der Waals surface area contributed by atoms with Crippen LogP contribution >= 0.6 is 0 Å². The average molecular weight is 262 g/mol. The van der Waals surface area contributed by atoms with Gasteiger partial charge in [0.1, 0.15) is 5.75 Å². The Labute approximate surface area is 117 Å². The van der Waals surface area contributed by atoms with Crippen molar-refractivity contribution in [2.75, 3.05) is 13.7 Å². The van der Waals surface area contributed by atoms with Crippen LogP contribution in [0.5, 0.6) is 5.75 Å². The molecule has 0 saturated carbocycles. The third-order valence-electron chi connectivity index (χ3n) is 4.07. The molecule has 0 amide bonds. The fourth-order valence-electron chi connectivity index (χ4n) is 2.80. The van der Waals surface area contributed by atoms with E-state index in [2.05, 4.69) is 19.1 Å². The summed E-state index contributed by atoms with van der Waals surface area (Å²) < 4.78 is 11.2. The fourth-order valence-corrected chi connectivity index (χ4v) is 2.80. The smallest absolute Gasteiger partial charge is 0.118 e. The quantitative estimate of drug-likeness (QED) is 0.689. The normalized spacial score (nSPS) is 23.3. The van der Waals surface area contributed by atoms with Gasteiger partial charge in [-0.25, -0.2) is 0 Å². The van der Waals surface area contributed by atoms with Gasteiger partial charge in [-0.2, -0.15) is 0 Å². The van der Waals surface area contributed by atoms with E-state index >= 15 is 0 Å². The summed E-state index contributed by atoms with van der Waals surface area (Å²) in [6, 6.07) is 8.29. The van der Waals surface area contributed by atoms with Crippen molar-refractivity contribution in [3.63, 3.8) is 0 Å². The number of hydrogen-bond acceptors (Lipinski definition) is 2. The van der Waals surface area contributed by atoms with Crippen LogP contribution in [0.4, 0.5) is 0 Å². The van der Waals surface area contributed by atoms with E-state index in [1.807, 2.05) is 12.1 Å². The Balaban J connectivity index is 1.78. The van der Waals surface area contributed by atoms with Gasteiger partial charge >= 0.3 is 0 Å². The molecule has 0 unspecified atom stereocenters. The predicted molar refractivity (Wildman–Crippen MR) is 78.6 cm³/mol. The molecule has 2 rings (SSSR count). The molecular weight excluding hydrogens is 236 g/mol. The molecule has 0 radical (unpaired) electrons. The summed E-state index contributed by atoms with van der Waals surface area (Å²) in [4.78, 5) is 0. The summed E-state index contributed by atoms with van der Waals surface area (Å²) in [5, 5.41) is 0. The lowest BCUT2D eigenvalue weighted by molar-refractivity contribution is -0.0198. The van der Waals surface area contributed by atoms with Crippen LogP contribution in [-0.4, -0.2) is 13.7 Å². The molecule has 0 N–H and O–H groups in total. The van der Waals surface area contributed by atoms with Crippen LogP contribution in [0.2, 0.25) is 0 Å². The molecule has 1 aromatic carbocycles. The highest BCUT2D eigenvalue weighted by Crippen LogP contribution is 2.33. The van der Waals surface area contributed by atoms with E-state index in [0.29, 0.717) is 0 Å². The van der Waals surface area contributed by atoms with E-state index in [1.54, 1.807) is 7.11 Å². The summed E-state index contributed by atoms with van der Waals surface area (Å²) in [6.07, 6.45) is 8.11. The molecule has 106 valence electrons. The summed E-state index contributed by atoms with van der Waals surface area (Å²) in [5.41, 5.74) is 1.29. The first kappa shape index (κ1) is 14.4. The number of rotatable bonds is 6. The molecule has 1 aliphatic heterocycles. The summed E-state index contributed by atoms with van der Waals surface area (Å²) in [7, 11) is 1.70. The maximum Gasteiger partial charge on any atom is 0.118 e. The van der Waals surface area contributed by atoms with Gasteiger partial charge < -0.3 is 9.47 Å². The molecule has 1 fully saturated rings. The van der Waals surface area contributed by atoms with E-state index in [-0.39, 0.29) is 6.10 Å². The topological polar surface area (TPSA) is 18.5 Å². The van der Waals surface area contributed by atoms with Crippen LogP contribution in [-0.2, 0) is 4.74 Å². The first-order chi connectivity index (χ1) is 9.33.